The van der Waals surface area contributed by atoms with Crippen molar-refractivity contribution in [2.24, 2.45) is 17.9 Å². The summed E-state index contributed by atoms with van der Waals surface area (Å²) in [7, 11) is 1.76. The van der Waals surface area contributed by atoms with Gasteiger partial charge in [-0.2, -0.15) is 5.10 Å². The SMILES string of the molecule is CCCC(NC(=O)c1cnn(C)c1C)/C(N)=N/O. The molecule has 4 N–H and O–H groups in total. The Morgan fingerprint density at radius 3 is 2.83 bits per heavy atom. The molecule has 0 saturated heterocycles. The van der Waals surface area contributed by atoms with Crippen LogP contribution in [0, 0.1) is 6.92 Å². The topological polar surface area (TPSA) is 106 Å². The second-order valence-electron chi connectivity index (χ2n) is 4.11. The van der Waals surface area contributed by atoms with Gasteiger partial charge in [0.1, 0.15) is 0 Å². The van der Waals surface area contributed by atoms with Crippen molar-refractivity contribution in [2.45, 2.75) is 32.7 Å². The van der Waals surface area contributed by atoms with Gasteiger partial charge in [-0.25, -0.2) is 0 Å². The summed E-state index contributed by atoms with van der Waals surface area (Å²) in [5.74, 6) is -0.266. The van der Waals surface area contributed by atoms with Crippen molar-refractivity contribution in [3.63, 3.8) is 0 Å². The fourth-order valence-corrected chi connectivity index (χ4v) is 1.61. The van der Waals surface area contributed by atoms with Crippen LogP contribution in [0.25, 0.3) is 0 Å². The molecular weight excluding hydrogens is 234 g/mol. The molecule has 7 heteroatoms. The smallest absolute Gasteiger partial charge is 0.255 e. The van der Waals surface area contributed by atoms with E-state index in [9.17, 15) is 4.79 Å². The zero-order valence-electron chi connectivity index (χ0n) is 10.8. The number of aromatic nitrogens is 2. The molecule has 1 heterocycles. The van der Waals surface area contributed by atoms with Gasteiger partial charge in [0.2, 0.25) is 0 Å². The summed E-state index contributed by atoms with van der Waals surface area (Å²) in [4.78, 5) is 12.0. The molecule has 0 spiro atoms. The molecule has 1 atom stereocenters. The van der Waals surface area contributed by atoms with E-state index in [0.717, 1.165) is 12.1 Å². The van der Waals surface area contributed by atoms with Crippen molar-refractivity contribution in [3.8, 4) is 0 Å². The fourth-order valence-electron chi connectivity index (χ4n) is 1.61. The maximum atomic E-state index is 12.0. The van der Waals surface area contributed by atoms with Crippen molar-refractivity contribution in [2.75, 3.05) is 0 Å². The second kappa shape index (κ2) is 6.04. The lowest BCUT2D eigenvalue weighted by Crippen LogP contribution is -2.44. The summed E-state index contributed by atoms with van der Waals surface area (Å²) >= 11 is 0. The highest BCUT2D eigenvalue weighted by Crippen LogP contribution is 2.07. The highest BCUT2D eigenvalue weighted by molar-refractivity contribution is 5.98. The number of aryl methyl sites for hydroxylation is 1. The summed E-state index contributed by atoms with van der Waals surface area (Å²) in [5, 5.41) is 18.3. The Hall–Kier alpha value is -2.05. The van der Waals surface area contributed by atoms with E-state index < -0.39 is 6.04 Å². The van der Waals surface area contributed by atoms with E-state index in [-0.39, 0.29) is 11.7 Å². The lowest BCUT2D eigenvalue weighted by Gasteiger charge is -2.16. The Morgan fingerprint density at radius 1 is 1.72 bits per heavy atom. The van der Waals surface area contributed by atoms with Crippen LogP contribution in [0.3, 0.4) is 0 Å². The highest BCUT2D eigenvalue weighted by Gasteiger charge is 2.19. The molecule has 1 unspecified atom stereocenters. The van der Waals surface area contributed by atoms with Gasteiger partial charge in [0, 0.05) is 12.7 Å². The first-order chi connectivity index (χ1) is 8.51. The van der Waals surface area contributed by atoms with Crippen molar-refractivity contribution < 1.29 is 10.0 Å². The molecule has 18 heavy (non-hydrogen) atoms. The minimum absolute atomic E-state index is 0.00624. The molecule has 0 saturated carbocycles. The Bertz CT molecular complexity index is 452. The van der Waals surface area contributed by atoms with E-state index in [1.54, 1.807) is 18.7 Å². The normalized spacial score (nSPS) is 13.4. The van der Waals surface area contributed by atoms with Crippen LogP contribution in [-0.2, 0) is 7.05 Å². The van der Waals surface area contributed by atoms with E-state index >= 15 is 0 Å². The number of amidine groups is 1. The van der Waals surface area contributed by atoms with Crippen molar-refractivity contribution in [1.29, 1.82) is 0 Å². The number of rotatable bonds is 5. The van der Waals surface area contributed by atoms with E-state index in [0.29, 0.717) is 12.0 Å². The molecule has 0 aliphatic rings. The van der Waals surface area contributed by atoms with Gasteiger partial charge in [0.15, 0.2) is 5.84 Å². The molecule has 0 fully saturated rings. The van der Waals surface area contributed by atoms with Crippen LogP contribution < -0.4 is 11.1 Å². The second-order valence-corrected chi connectivity index (χ2v) is 4.11. The van der Waals surface area contributed by atoms with Crippen LogP contribution in [0.15, 0.2) is 11.4 Å². The maximum Gasteiger partial charge on any atom is 0.255 e. The van der Waals surface area contributed by atoms with Gasteiger partial charge in [-0.3, -0.25) is 9.48 Å². The first kappa shape index (κ1) is 14.0. The molecule has 1 rings (SSSR count). The van der Waals surface area contributed by atoms with E-state index in [2.05, 4.69) is 15.6 Å². The quantitative estimate of drug-likeness (QED) is 0.305. The number of nitrogens with zero attached hydrogens (tertiary/aromatic N) is 3. The van der Waals surface area contributed by atoms with Gasteiger partial charge >= 0.3 is 0 Å². The van der Waals surface area contributed by atoms with Crippen LogP contribution >= 0.6 is 0 Å². The van der Waals surface area contributed by atoms with Crippen LogP contribution in [0.4, 0.5) is 0 Å². The highest BCUT2D eigenvalue weighted by atomic mass is 16.4. The predicted octanol–water partition coefficient (Wildman–Crippen LogP) is 0.373. The average molecular weight is 253 g/mol. The Kier molecular flexibility index (Phi) is 4.70. The Labute approximate surface area is 106 Å². The lowest BCUT2D eigenvalue weighted by molar-refractivity contribution is 0.0944. The molecule has 7 nitrogen and oxygen atoms in total. The maximum absolute atomic E-state index is 12.0. The minimum atomic E-state index is -0.466. The molecule has 1 aromatic rings. The van der Waals surface area contributed by atoms with Crippen molar-refractivity contribution in [1.82, 2.24) is 15.1 Å². The largest absolute Gasteiger partial charge is 0.409 e. The van der Waals surface area contributed by atoms with Crippen LogP contribution in [-0.4, -0.2) is 32.8 Å². The van der Waals surface area contributed by atoms with Gasteiger partial charge in [0.05, 0.1) is 17.8 Å². The first-order valence-corrected chi connectivity index (χ1v) is 5.78. The number of amides is 1. The minimum Gasteiger partial charge on any atom is -0.409 e. The molecule has 1 amide bonds. The van der Waals surface area contributed by atoms with Crippen molar-refractivity contribution >= 4 is 11.7 Å². The monoisotopic (exact) mass is 253 g/mol. The van der Waals surface area contributed by atoms with Crippen molar-refractivity contribution in [3.05, 3.63) is 17.5 Å². The molecule has 0 bridgehead atoms. The third-order valence-corrected chi connectivity index (χ3v) is 2.84. The third kappa shape index (κ3) is 2.99. The number of carbonyl (C=O) groups excluding carboxylic acids is 1. The molecule has 0 radical (unpaired) electrons. The third-order valence-electron chi connectivity index (χ3n) is 2.84. The zero-order chi connectivity index (χ0) is 13.7. The summed E-state index contributed by atoms with van der Waals surface area (Å²) in [6.45, 7) is 3.76. The summed E-state index contributed by atoms with van der Waals surface area (Å²) in [6.07, 6.45) is 2.92. The summed E-state index contributed by atoms with van der Waals surface area (Å²) < 4.78 is 1.62. The van der Waals surface area contributed by atoms with E-state index in [1.165, 1.54) is 6.20 Å². The van der Waals surface area contributed by atoms with E-state index in [4.69, 9.17) is 10.9 Å². The average Bonchev–Trinajstić information content (AvgIpc) is 2.68. The van der Waals surface area contributed by atoms with Crippen LogP contribution in [0.2, 0.25) is 0 Å². The zero-order valence-corrected chi connectivity index (χ0v) is 10.8. The molecule has 100 valence electrons. The number of oxime groups is 1. The Morgan fingerprint density at radius 2 is 2.39 bits per heavy atom. The van der Waals surface area contributed by atoms with Crippen LogP contribution in [0.1, 0.15) is 35.8 Å². The fraction of sp³-hybridized carbons (Fsp3) is 0.545. The number of hydrogen-bond acceptors (Lipinski definition) is 4. The number of carbonyl (C=O) groups is 1. The Balaban J connectivity index is 2.82. The predicted molar refractivity (Wildman–Crippen MR) is 67.5 cm³/mol. The molecule has 1 aromatic heterocycles. The van der Waals surface area contributed by atoms with Gasteiger partial charge in [-0.15, -0.1) is 0 Å². The standard InChI is InChI=1S/C11H19N5O2/c1-4-5-9(10(12)15-18)14-11(17)8-6-13-16(3)7(8)2/h6,9,18H,4-5H2,1-3H3,(H2,12,15)(H,14,17). The van der Waals surface area contributed by atoms with Gasteiger partial charge < -0.3 is 16.3 Å². The van der Waals surface area contributed by atoms with E-state index in [1.807, 2.05) is 6.92 Å². The van der Waals surface area contributed by atoms with Gasteiger partial charge in [-0.1, -0.05) is 18.5 Å². The van der Waals surface area contributed by atoms with Gasteiger partial charge in [-0.05, 0) is 13.3 Å². The number of nitrogens with one attached hydrogen (secondary N) is 1. The molecular formula is C11H19N5O2. The molecule has 0 aliphatic heterocycles. The number of hydrogen-bond donors (Lipinski definition) is 3. The first-order valence-electron chi connectivity index (χ1n) is 5.78. The summed E-state index contributed by atoms with van der Waals surface area (Å²) in [6, 6.07) is -0.466. The molecule has 0 aromatic carbocycles. The van der Waals surface area contributed by atoms with Gasteiger partial charge in [0.25, 0.3) is 5.91 Å². The molecule has 0 aliphatic carbocycles. The van der Waals surface area contributed by atoms with Crippen LogP contribution in [0.5, 0.6) is 0 Å². The number of nitrogens with two attached hydrogens (primary N) is 1. The summed E-state index contributed by atoms with van der Waals surface area (Å²) in [5.41, 5.74) is 6.79. The lowest BCUT2D eigenvalue weighted by atomic mass is 10.1.